The lowest BCUT2D eigenvalue weighted by molar-refractivity contribution is 0.954. The van der Waals surface area contributed by atoms with E-state index in [4.69, 9.17) is 15.0 Å². The largest absolute Gasteiger partial charge is 0.353 e. The SMILES string of the molecule is c1ccc(-c2nc(-c3ccccc3)nc(-n3c4ccccc4c4cc5c(cc43)sc3c5ccc4c5ccccc5[nH]c43)n2)cc1. The van der Waals surface area contributed by atoms with Crippen molar-refractivity contribution in [1.29, 1.82) is 0 Å². The van der Waals surface area contributed by atoms with Gasteiger partial charge in [-0.2, -0.15) is 9.97 Å². The van der Waals surface area contributed by atoms with E-state index in [9.17, 15) is 0 Å². The standard InChI is InChI=1S/C39H23N5S/c1-3-11-23(12-4-1)37-41-38(24-13-5-2-6-14-24)43-39(42-37)44-32-18-10-8-16-26(32)29-21-30-28-20-19-27-25-15-7-9-17-31(25)40-35(27)36(28)45-34(30)22-33(29)44/h1-22,40H. The lowest BCUT2D eigenvalue weighted by Gasteiger charge is -2.10. The first-order chi connectivity index (χ1) is 22.3. The number of thiophene rings is 1. The highest BCUT2D eigenvalue weighted by Gasteiger charge is 2.20. The normalized spacial score (nSPS) is 12.0. The third-order valence-electron chi connectivity index (χ3n) is 8.80. The van der Waals surface area contributed by atoms with Gasteiger partial charge in [0.05, 0.1) is 21.3 Å². The van der Waals surface area contributed by atoms with Gasteiger partial charge in [-0.25, -0.2) is 4.98 Å². The van der Waals surface area contributed by atoms with Crippen LogP contribution in [-0.4, -0.2) is 24.5 Å². The first-order valence-electron chi connectivity index (χ1n) is 15.0. The lowest BCUT2D eigenvalue weighted by atomic mass is 10.1. The van der Waals surface area contributed by atoms with Gasteiger partial charge < -0.3 is 4.98 Å². The number of hydrogen-bond acceptors (Lipinski definition) is 4. The number of aromatic amines is 1. The number of fused-ring (bicyclic) bond motifs is 10. The maximum absolute atomic E-state index is 5.10. The van der Waals surface area contributed by atoms with Crippen molar-refractivity contribution in [1.82, 2.24) is 24.5 Å². The molecule has 0 aliphatic carbocycles. The zero-order chi connectivity index (χ0) is 29.5. The number of rotatable bonds is 3. The molecule has 0 radical (unpaired) electrons. The van der Waals surface area contributed by atoms with Crippen LogP contribution in [0.3, 0.4) is 0 Å². The number of hydrogen-bond donors (Lipinski definition) is 1. The highest BCUT2D eigenvalue weighted by molar-refractivity contribution is 7.26. The molecular weight excluding hydrogens is 571 g/mol. The summed E-state index contributed by atoms with van der Waals surface area (Å²) in [6.07, 6.45) is 0. The molecule has 0 amide bonds. The number of benzene rings is 6. The molecule has 0 atom stereocenters. The van der Waals surface area contributed by atoms with Crippen LogP contribution >= 0.6 is 11.3 Å². The highest BCUT2D eigenvalue weighted by atomic mass is 32.1. The summed E-state index contributed by atoms with van der Waals surface area (Å²) in [5.41, 5.74) is 6.41. The number of H-pyrrole nitrogens is 1. The summed E-state index contributed by atoms with van der Waals surface area (Å²) in [7, 11) is 0. The fourth-order valence-electron chi connectivity index (χ4n) is 6.72. The first kappa shape index (κ1) is 24.6. The van der Waals surface area contributed by atoms with Gasteiger partial charge in [-0.1, -0.05) is 109 Å². The Morgan fingerprint density at radius 2 is 1.13 bits per heavy atom. The predicted octanol–water partition coefficient (Wildman–Crippen LogP) is 10.3. The average Bonchev–Trinajstić information content (AvgIpc) is 3.77. The van der Waals surface area contributed by atoms with Crippen molar-refractivity contribution >= 4 is 75.1 Å². The molecule has 0 saturated carbocycles. The smallest absolute Gasteiger partial charge is 0.238 e. The van der Waals surface area contributed by atoms with Crippen molar-refractivity contribution in [2.45, 2.75) is 0 Å². The molecule has 4 heterocycles. The van der Waals surface area contributed by atoms with Crippen molar-refractivity contribution in [2.75, 3.05) is 0 Å². The molecule has 210 valence electrons. The molecule has 6 heteroatoms. The van der Waals surface area contributed by atoms with Gasteiger partial charge in [0.2, 0.25) is 5.95 Å². The molecule has 0 spiro atoms. The fraction of sp³-hybridized carbons (Fsp3) is 0. The van der Waals surface area contributed by atoms with E-state index >= 15 is 0 Å². The minimum atomic E-state index is 0.604. The average molecular weight is 594 g/mol. The van der Waals surface area contributed by atoms with Gasteiger partial charge in [0.25, 0.3) is 0 Å². The van der Waals surface area contributed by atoms with Crippen LogP contribution in [0, 0.1) is 0 Å². The second-order valence-electron chi connectivity index (χ2n) is 11.4. The maximum atomic E-state index is 5.10. The molecule has 10 rings (SSSR count). The zero-order valence-electron chi connectivity index (χ0n) is 23.9. The van der Waals surface area contributed by atoms with Gasteiger partial charge in [0.1, 0.15) is 0 Å². The molecule has 0 bridgehead atoms. The van der Waals surface area contributed by atoms with Crippen LogP contribution in [0.5, 0.6) is 0 Å². The molecule has 0 aliphatic rings. The van der Waals surface area contributed by atoms with Crippen LogP contribution in [-0.2, 0) is 0 Å². The second kappa shape index (κ2) is 9.32. The minimum absolute atomic E-state index is 0.604. The first-order valence-corrected chi connectivity index (χ1v) is 15.8. The van der Waals surface area contributed by atoms with Gasteiger partial charge in [0, 0.05) is 53.7 Å². The number of para-hydroxylation sites is 2. The summed E-state index contributed by atoms with van der Waals surface area (Å²) in [5.74, 6) is 1.90. The summed E-state index contributed by atoms with van der Waals surface area (Å²) < 4.78 is 4.71. The molecule has 0 saturated heterocycles. The van der Waals surface area contributed by atoms with E-state index in [2.05, 4.69) is 82.3 Å². The number of aromatic nitrogens is 5. The van der Waals surface area contributed by atoms with Gasteiger partial charge in [-0.3, -0.25) is 4.57 Å². The van der Waals surface area contributed by atoms with Crippen molar-refractivity contribution < 1.29 is 0 Å². The molecular formula is C39H23N5S. The van der Waals surface area contributed by atoms with E-state index in [-0.39, 0.29) is 0 Å². The Bertz CT molecular complexity index is 2700. The monoisotopic (exact) mass is 593 g/mol. The molecule has 5 nitrogen and oxygen atoms in total. The van der Waals surface area contributed by atoms with E-state index in [1.54, 1.807) is 0 Å². The Morgan fingerprint density at radius 3 is 1.89 bits per heavy atom. The molecule has 6 aromatic carbocycles. The van der Waals surface area contributed by atoms with Crippen LogP contribution in [0.15, 0.2) is 133 Å². The molecule has 45 heavy (non-hydrogen) atoms. The summed E-state index contributed by atoms with van der Waals surface area (Å²) in [6, 6.07) is 46.6. The Balaban J connectivity index is 1.29. The van der Waals surface area contributed by atoms with Crippen LogP contribution in [0.1, 0.15) is 0 Å². The fourth-order valence-corrected chi connectivity index (χ4v) is 7.95. The van der Waals surface area contributed by atoms with E-state index in [0.717, 1.165) is 22.2 Å². The minimum Gasteiger partial charge on any atom is -0.353 e. The summed E-state index contributed by atoms with van der Waals surface area (Å²) in [6.45, 7) is 0. The van der Waals surface area contributed by atoms with Crippen LogP contribution in [0.2, 0.25) is 0 Å². The van der Waals surface area contributed by atoms with Gasteiger partial charge >= 0.3 is 0 Å². The van der Waals surface area contributed by atoms with Crippen molar-refractivity contribution in [3.8, 4) is 28.7 Å². The van der Waals surface area contributed by atoms with Gasteiger partial charge in [-0.15, -0.1) is 11.3 Å². The van der Waals surface area contributed by atoms with Crippen LogP contribution in [0.4, 0.5) is 0 Å². The highest BCUT2D eigenvalue weighted by Crippen LogP contribution is 2.43. The van der Waals surface area contributed by atoms with Gasteiger partial charge in [-0.05, 0) is 24.3 Å². The number of nitrogens with one attached hydrogen (secondary N) is 1. The zero-order valence-corrected chi connectivity index (χ0v) is 24.7. The molecule has 0 fully saturated rings. The van der Waals surface area contributed by atoms with E-state index in [0.29, 0.717) is 17.6 Å². The summed E-state index contributed by atoms with van der Waals surface area (Å²) >= 11 is 1.84. The van der Waals surface area contributed by atoms with Crippen molar-refractivity contribution in [3.05, 3.63) is 133 Å². The van der Waals surface area contributed by atoms with E-state index in [1.807, 2.05) is 72.0 Å². The molecule has 0 aliphatic heterocycles. The summed E-state index contributed by atoms with van der Waals surface area (Å²) in [4.78, 5) is 18.8. The molecule has 0 unspecified atom stereocenters. The summed E-state index contributed by atoms with van der Waals surface area (Å²) in [5, 5.41) is 7.40. The Labute approximate surface area is 261 Å². The van der Waals surface area contributed by atoms with Crippen molar-refractivity contribution in [2.24, 2.45) is 0 Å². The Morgan fingerprint density at radius 1 is 0.489 bits per heavy atom. The van der Waals surface area contributed by atoms with Gasteiger partial charge in [0.15, 0.2) is 11.6 Å². The van der Waals surface area contributed by atoms with E-state index in [1.165, 1.54) is 52.8 Å². The van der Waals surface area contributed by atoms with Crippen LogP contribution < -0.4 is 0 Å². The number of nitrogens with zero attached hydrogens (tertiary/aromatic N) is 4. The molecule has 1 N–H and O–H groups in total. The lowest BCUT2D eigenvalue weighted by Crippen LogP contribution is -2.06. The van der Waals surface area contributed by atoms with E-state index < -0.39 is 0 Å². The molecule has 4 aromatic heterocycles. The van der Waals surface area contributed by atoms with Crippen LogP contribution in [0.25, 0.3) is 92.5 Å². The predicted molar refractivity (Wildman–Crippen MR) is 187 cm³/mol. The molecule has 10 aromatic rings. The third-order valence-corrected chi connectivity index (χ3v) is 9.98. The Hall–Kier alpha value is -5.85. The quantitative estimate of drug-likeness (QED) is 0.222. The maximum Gasteiger partial charge on any atom is 0.238 e. The third kappa shape index (κ3) is 3.63. The second-order valence-corrected chi connectivity index (χ2v) is 12.4. The van der Waals surface area contributed by atoms with Crippen molar-refractivity contribution in [3.63, 3.8) is 0 Å². The topological polar surface area (TPSA) is 59.4 Å². The Kier molecular flexibility index (Phi) is 5.09.